The van der Waals surface area contributed by atoms with Crippen molar-refractivity contribution < 1.29 is 24.3 Å². The maximum absolute atomic E-state index is 13.6. The fourth-order valence-corrected chi connectivity index (χ4v) is 4.61. The lowest BCUT2D eigenvalue weighted by Gasteiger charge is -2.25. The normalized spacial score (nSPS) is 14.0. The van der Waals surface area contributed by atoms with Crippen molar-refractivity contribution in [3.63, 3.8) is 0 Å². The zero-order valence-corrected chi connectivity index (χ0v) is 23.6. The molecular weight excluding hydrogens is 544 g/mol. The number of carbonyl (C=O) groups excluding carboxylic acids is 3. The van der Waals surface area contributed by atoms with Crippen LogP contribution in [0.2, 0.25) is 0 Å². The Balaban J connectivity index is 1.87. The Bertz CT molecular complexity index is 1320. The molecule has 1 heterocycles. The Hall–Kier alpha value is -3.87. The van der Waals surface area contributed by atoms with Gasteiger partial charge < -0.3 is 37.5 Å². The Morgan fingerprint density at radius 3 is 2.10 bits per heavy atom. The number of nitrogens with one attached hydrogen (secondary N) is 4. The van der Waals surface area contributed by atoms with Gasteiger partial charge in [0, 0.05) is 35.7 Å². The second-order valence-electron chi connectivity index (χ2n) is 9.85. The van der Waals surface area contributed by atoms with Crippen LogP contribution in [-0.2, 0) is 32.0 Å². The molecule has 0 saturated carbocycles. The molecular formula is C29H38N6O5S. The monoisotopic (exact) mass is 582 g/mol. The number of H-pyrrole nitrogens is 1. The van der Waals surface area contributed by atoms with E-state index in [-0.39, 0.29) is 25.0 Å². The molecule has 41 heavy (non-hydrogen) atoms. The number of aromatic nitrogens is 1. The topological polar surface area (TPSA) is 192 Å². The minimum Gasteiger partial charge on any atom is -0.480 e. The number of hydrogen-bond acceptors (Lipinski definition) is 7. The van der Waals surface area contributed by atoms with Crippen molar-refractivity contribution in [3.05, 3.63) is 71.9 Å². The molecule has 3 aromatic rings. The van der Waals surface area contributed by atoms with E-state index in [1.165, 1.54) is 0 Å². The first-order valence-electron chi connectivity index (χ1n) is 13.5. The van der Waals surface area contributed by atoms with Crippen molar-refractivity contribution in [2.75, 3.05) is 12.3 Å². The number of hydrogen-bond donors (Lipinski definition) is 8. The van der Waals surface area contributed by atoms with Crippen LogP contribution in [-0.4, -0.2) is 70.2 Å². The summed E-state index contributed by atoms with van der Waals surface area (Å²) in [6.45, 7) is 0.408. The predicted octanol–water partition coefficient (Wildman–Crippen LogP) is 0.878. The van der Waals surface area contributed by atoms with Crippen LogP contribution in [0, 0.1) is 0 Å². The van der Waals surface area contributed by atoms with Gasteiger partial charge in [0.05, 0.1) is 6.04 Å². The van der Waals surface area contributed by atoms with Gasteiger partial charge in [-0.3, -0.25) is 14.4 Å². The number of rotatable bonds is 16. The van der Waals surface area contributed by atoms with Gasteiger partial charge in [0.1, 0.15) is 18.1 Å². The number of amides is 3. The summed E-state index contributed by atoms with van der Waals surface area (Å²) in [5.74, 6) is -2.91. The SMILES string of the molecule is NCCCCC(NC(=O)C(Cc1c[nH]c2ccccc12)NC(=O)C(Cc1ccccc1)NC(=O)C(N)CS)C(=O)O. The third kappa shape index (κ3) is 9.34. The molecule has 1 aromatic heterocycles. The van der Waals surface area contributed by atoms with Crippen LogP contribution in [0.5, 0.6) is 0 Å². The fourth-order valence-electron chi connectivity index (χ4n) is 4.45. The van der Waals surface area contributed by atoms with Gasteiger partial charge in [-0.25, -0.2) is 4.79 Å². The maximum Gasteiger partial charge on any atom is 0.326 e. The number of benzene rings is 2. The van der Waals surface area contributed by atoms with Crippen LogP contribution in [0.1, 0.15) is 30.4 Å². The summed E-state index contributed by atoms with van der Waals surface area (Å²) in [7, 11) is 0. The Morgan fingerprint density at radius 2 is 1.44 bits per heavy atom. The quantitative estimate of drug-likeness (QED) is 0.0907. The van der Waals surface area contributed by atoms with E-state index in [1.807, 2.05) is 54.6 Å². The molecule has 3 rings (SSSR count). The van der Waals surface area contributed by atoms with Crippen LogP contribution in [0.3, 0.4) is 0 Å². The highest BCUT2D eigenvalue weighted by molar-refractivity contribution is 7.80. The van der Waals surface area contributed by atoms with E-state index >= 15 is 0 Å². The number of nitrogens with two attached hydrogens (primary N) is 2. The molecule has 0 bridgehead atoms. The number of unbranched alkanes of at least 4 members (excludes halogenated alkanes) is 1. The van der Waals surface area contributed by atoms with Gasteiger partial charge in [-0.2, -0.15) is 12.6 Å². The molecule has 4 unspecified atom stereocenters. The molecule has 0 aliphatic carbocycles. The Kier molecular flexibility index (Phi) is 12.2. The van der Waals surface area contributed by atoms with Crippen LogP contribution >= 0.6 is 12.6 Å². The van der Waals surface area contributed by atoms with Gasteiger partial charge in [-0.1, -0.05) is 48.5 Å². The minimum absolute atomic E-state index is 0.0812. The first kappa shape index (κ1) is 31.7. The first-order chi connectivity index (χ1) is 19.7. The van der Waals surface area contributed by atoms with Crippen molar-refractivity contribution in [2.24, 2.45) is 11.5 Å². The summed E-state index contributed by atoms with van der Waals surface area (Å²) in [6.07, 6.45) is 3.31. The molecule has 0 aliphatic rings. The average molecular weight is 583 g/mol. The van der Waals surface area contributed by atoms with Gasteiger partial charge in [-0.15, -0.1) is 0 Å². The number of thiol groups is 1. The highest BCUT2D eigenvalue weighted by atomic mass is 32.1. The Morgan fingerprint density at radius 1 is 0.829 bits per heavy atom. The highest BCUT2D eigenvalue weighted by Crippen LogP contribution is 2.19. The van der Waals surface area contributed by atoms with Crippen molar-refractivity contribution in [1.82, 2.24) is 20.9 Å². The molecule has 9 N–H and O–H groups in total. The van der Waals surface area contributed by atoms with Crippen LogP contribution in [0.4, 0.5) is 0 Å². The zero-order chi connectivity index (χ0) is 29.8. The summed E-state index contributed by atoms with van der Waals surface area (Å²) in [4.78, 5) is 54.8. The number of carbonyl (C=O) groups is 4. The molecule has 12 heteroatoms. The van der Waals surface area contributed by atoms with E-state index < -0.39 is 47.9 Å². The largest absolute Gasteiger partial charge is 0.480 e. The summed E-state index contributed by atoms with van der Waals surface area (Å²) >= 11 is 4.07. The number of carboxylic acid groups (broad SMARTS) is 1. The summed E-state index contributed by atoms with van der Waals surface area (Å²) in [5, 5.41) is 18.6. The highest BCUT2D eigenvalue weighted by Gasteiger charge is 2.31. The zero-order valence-electron chi connectivity index (χ0n) is 22.7. The number of para-hydroxylation sites is 1. The number of fused-ring (bicyclic) bond motifs is 1. The van der Waals surface area contributed by atoms with Crippen molar-refractivity contribution in [2.45, 2.75) is 56.3 Å². The van der Waals surface area contributed by atoms with Gasteiger partial charge in [0.2, 0.25) is 17.7 Å². The van der Waals surface area contributed by atoms with E-state index in [0.29, 0.717) is 19.4 Å². The standard InChI is InChI=1S/C29H38N6O5S/c30-13-7-6-12-23(29(39)40)33-28(38)25(15-19-16-32-22-11-5-4-10-20(19)22)35-27(37)24(34-26(36)21(31)17-41)14-18-8-2-1-3-9-18/h1-5,8-11,16,21,23-25,32,41H,6-7,12-15,17,30-31H2,(H,33,38)(H,34,36)(H,35,37)(H,39,40). The van der Waals surface area contributed by atoms with E-state index in [1.54, 1.807) is 6.20 Å². The lowest BCUT2D eigenvalue weighted by atomic mass is 10.0. The lowest BCUT2D eigenvalue weighted by molar-refractivity contribution is -0.142. The third-order valence-corrected chi connectivity index (χ3v) is 7.14. The summed E-state index contributed by atoms with van der Waals surface area (Å²) < 4.78 is 0. The van der Waals surface area contributed by atoms with Gasteiger partial charge in [0.25, 0.3) is 0 Å². The molecule has 11 nitrogen and oxygen atoms in total. The van der Waals surface area contributed by atoms with E-state index in [4.69, 9.17) is 11.5 Å². The van der Waals surface area contributed by atoms with Crippen molar-refractivity contribution >= 4 is 47.2 Å². The molecule has 4 atom stereocenters. The lowest BCUT2D eigenvalue weighted by Crippen LogP contribution is -2.58. The predicted molar refractivity (Wildman–Crippen MR) is 160 cm³/mol. The molecule has 0 radical (unpaired) electrons. The van der Waals surface area contributed by atoms with Crippen molar-refractivity contribution in [3.8, 4) is 0 Å². The molecule has 0 aliphatic heterocycles. The molecule has 0 saturated heterocycles. The van der Waals surface area contributed by atoms with Crippen LogP contribution < -0.4 is 27.4 Å². The second kappa shape index (κ2) is 15.8. The maximum atomic E-state index is 13.6. The van der Waals surface area contributed by atoms with Gasteiger partial charge in [0.15, 0.2) is 0 Å². The Labute approximate surface area is 244 Å². The number of carboxylic acids is 1. The molecule has 220 valence electrons. The average Bonchev–Trinajstić information content (AvgIpc) is 3.38. The van der Waals surface area contributed by atoms with E-state index in [9.17, 15) is 24.3 Å². The van der Waals surface area contributed by atoms with Gasteiger partial charge >= 0.3 is 5.97 Å². The summed E-state index contributed by atoms with van der Waals surface area (Å²) in [5.41, 5.74) is 13.8. The summed E-state index contributed by atoms with van der Waals surface area (Å²) in [6, 6.07) is 12.4. The van der Waals surface area contributed by atoms with Crippen molar-refractivity contribution in [1.29, 1.82) is 0 Å². The second-order valence-corrected chi connectivity index (χ2v) is 10.2. The molecule has 0 spiro atoms. The number of aromatic amines is 1. The third-order valence-electron chi connectivity index (χ3n) is 6.74. The molecule has 2 aromatic carbocycles. The van der Waals surface area contributed by atoms with Crippen LogP contribution in [0.25, 0.3) is 10.9 Å². The molecule has 0 fully saturated rings. The first-order valence-corrected chi connectivity index (χ1v) is 14.2. The molecule has 3 amide bonds. The van der Waals surface area contributed by atoms with Crippen LogP contribution in [0.15, 0.2) is 60.8 Å². The van der Waals surface area contributed by atoms with E-state index in [2.05, 4.69) is 33.6 Å². The number of aliphatic carboxylic acids is 1. The fraction of sp³-hybridized carbons (Fsp3) is 0.379. The smallest absolute Gasteiger partial charge is 0.326 e. The van der Waals surface area contributed by atoms with Gasteiger partial charge in [-0.05, 0) is 43.0 Å². The minimum atomic E-state index is -1.18. The van der Waals surface area contributed by atoms with E-state index in [0.717, 1.165) is 22.0 Å².